The lowest BCUT2D eigenvalue weighted by Crippen LogP contribution is -2.64. The summed E-state index contributed by atoms with van der Waals surface area (Å²) < 4.78 is 8.65. The molecule has 0 saturated carbocycles. The maximum absolute atomic E-state index is 13.5. The van der Waals surface area contributed by atoms with E-state index in [1.54, 1.807) is 4.90 Å². The van der Waals surface area contributed by atoms with E-state index in [1.807, 2.05) is 49.4 Å². The van der Waals surface area contributed by atoms with Crippen molar-refractivity contribution in [3.05, 3.63) is 59.9 Å². The Morgan fingerprint density at radius 3 is 2.71 bits per heavy atom. The summed E-state index contributed by atoms with van der Waals surface area (Å²) >= 11 is 0. The van der Waals surface area contributed by atoms with Gasteiger partial charge in [-0.15, -0.1) is 0 Å². The maximum atomic E-state index is 13.5. The number of para-hydroxylation sites is 3. The molecule has 3 atom stereocenters. The van der Waals surface area contributed by atoms with Crippen molar-refractivity contribution in [1.29, 1.82) is 0 Å². The minimum Gasteiger partial charge on any atom is -0.468 e. The van der Waals surface area contributed by atoms with E-state index in [-0.39, 0.29) is 11.8 Å². The molecule has 0 aliphatic carbocycles. The summed E-state index contributed by atoms with van der Waals surface area (Å²) in [6, 6.07) is 15.8. The van der Waals surface area contributed by atoms with E-state index >= 15 is 0 Å². The monoisotopic (exact) mass is 460 g/mol. The lowest BCUT2D eigenvalue weighted by Gasteiger charge is -2.52. The molecule has 7 nitrogen and oxygen atoms in total. The first kappa shape index (κ1) is 22.4. The van der Waals surface area contributed by atoms with Gasteiger partial charge in [-0.25, -0.2) is 4.98 Å². The van der Waals surface area contributed by atoms with Crippen LogP contribution in [0, 0.1) is 11.8 Å². The highest BCUT2D eigenvalue weighted by atomic mass is 16.5. The molecule has 1 saturated heterocycles. The van der Waals surface area contributed by atoms with Crippen molar-refractivity contribution in [3.8, 4) is 5.75 Å². The van der Waals surface area contributed by atoms with Gasteiger partial charge in [0.15, 0.2) is 5.72 Å². The van der Waals surface area contributed by atoms with E-state index in [9.17, 15) is 9.59 Å². The van der Waals surface area contributed by atoms with Crippen LogP contribution in [0.5, 0.6) is 5.75 Å². The molecular formula is C27H32N4O3. The first-order chi connectivity index (χ1) is 16.3. The zero-order valence-electron chi connectivity index (χ0n) is 20.0. The van der Waals surface area contributed by atoms with Crippen molar-refractivity contribution >= 4 is 22.8 Å². The van der Waals surface area contributed by atoms with Crippen LogP contribution in [0.15, 0.2) is 48.5 Å². The molecule has 2 aliphatic heterocycles. The second-order valence-corrected chi connectivity index (χ2v) is 10.1. The Hall–Kier alpha value is -3.35. The fourth-order valence-electron chi connectivity index (χ4n) is 5.66. The molecular weight excluding hydrogens is 428 g/mol. The number of hydrogen-bond acceptors (Lipinski definition) is 4. The topological polar surface area (TPSA) is 90.5 Å². The molecule has 34 heavy (non-hydrogen) atoms. The number of amides is 2. The summed E-state index contributed by atoms with van der Waals surface area (Å²) in [6.07, 6.45) is 1.99. The third kappa shape index (κ3) is 3.73. The number of aryl methyl sites for hydroxylation is 1. The van der Waals surface area contributed by atoms with Gasteiger partial charge in [-0.05, 0) is 43.0 Å². The summed E-state index contributed by atoms with van der Waals surface area (Å²) in [7, 11) is 0. The number of likely N-dealkylation sites (tertiary alicyclic amines) is 1. The van der Waals surface area contributed by atoms with Crippen LogP contribution >= 0.6 is 0 Å². The van der Waals surface area contributed by atoms with Gasteiger partial charge < -0.3 is 19.9 Å². The number of fused-ring (bicyclic) bond motifs is 5. The Labute approximate surface area is 199 Å². The van der Waals surface area contributed by atoms with Crippen LogP contribution in [0.2, 0.25) is 0 Å². The Kier molecular flexibility index (Phi) is 5.58. The number of nitrogens with two attached hydrogens (primary N) is 1. The van der Waals surface area contributed by atoms with Crippen LogP contribution in [-0.4, -0.2) is 38.5 Å². The molecule has 2 amide bonds. The van der Waals surface area contributed by atoms with Gasteiger partial charge in [0.05, 0.1) is 11.0 Å². The number of ether oxygens (including phenoxy) is 1. The highest BCUT2D eigenvalue weighted by molar-refractivity contribution is 6.01. The number of nitrogens with zero attached hydrogens (tertiary/aromatic N) is 3. The van der Waals surface area contributed by atoms with Gasteiger partial charge in [-0.3, -0.25) is 9.59 Å². The second-order valence-electron chi connectivity index (χ2n) is 10.1. The molecule has 3 aromatic rings. The molecule has 1 aromatic heterocycles. The molecule has 178 valence electrons. The summed E-state index contributed by atoms with van der Waals surface area (Å²) in [4.78, 5) is 32.5. The van der Waals surface area contributed by atoms with Gasteiger partial charge in [-0.1, -0.05) is 44.2 Å². The van der Waals surface area contributed by atoms with Crippen LogP contribution in [0.1, 0.15) is 50.9 Å². The van der Waals surface area contributed by atoms with Gasteiger partial charge in [-0.2, -0.15) is 0 Å². The van der Waals surface area contributed by atoms with Crippen molar-refractivity contribution in [2.45, 2.75) is 58.2 Å². The lowest BCUT2D eigenvalue weighted by molar-refractivity contribution is -0.175. The number of carbonyl (C=O) groups excluding carboxylic acids is 2. The third-order valence-electron chi connectivity index (χ3n) is 7.12. The minimum atomic E-state index is -0.872. The summed E-state index contributed by atoms with van der Waals surface area (Å²) in [5.74, 6) is 0.291. The summed E-state index contributed by atoms with van der Waals surface area (Å²) in [5.41, 5.74) is 7.95. The predicted octanol–water partition coefficient (Wildman–Crippen LogP) is 3.85. The highest BCUT2D eigenvalue weighted by Gasteiger charge is 2.55. The molecule has 2 bridgehead atoms. The average molecular weight is 461 g/mol. The van der Waals surface area contributed by atoms with Gasteiger partial charge in [0, 0.05) is 31.8 Å². The smallest absolute Gasteiger partial charge is 0.238 e. The van der Waals surface area contributed by atoms with Gasteiger partial charge in [0.1, 0.15) is 17.5 Å². The lowest BCUT2D eigenvalue weighted by atomic mass is 9.73. The molecule has 5 rings (SSSR count). The van der Waals surface area contributed by atoms with E-state index in [4.69, 9.17) is 15.5 Å². The maximum Gasteiger partial charge on any atom is 0.238 e. The molecule has 3 heterocycles. The number of aromatic nitrogens is 2. The van der Waals surface area contributed by atoms with Crippen LogP contribution in [0.25, 0.3) is 11.0 Å². The average Bonchev–Trinajstić information content (AvgIpc) is 3.12. The SMILES string of the molecule is CC(C)Cn1c(CCCN2C(=O)C(C(N)=O)C3CC2(C)Oc2ccccc23)nc2ccccc21. The van der Waals surface area contributed by atoms with Crippen molar-refractivity contribution in [2.24, 2.45) is 17.6 Å². The number of primary amides is 1. The van der Waals surface area contributed by atoms with Crippen LogP contribution in [-0.2, 0) is 22.6 Å². The predicted molar refractivity (Wildman–Crippen MR) is 130 cm³/mol. The number of benzene rings is 2. The first-order valence-electron chi connectivity index (χ1n) is 12.1. The van der Waals surface area contributed by atoms with E-state index in [0.717, 1.165) is 41.1 Å². The molecule has 0 spiro atoms. The number of rotatable bonds is 7. The first-order valence-corrected chi connectivity index (χ1v) is 12.1. The number of carbonyl (C=O) groups is 2. The molecule has 1 fully saturated rings. The largest absolute Gasteiger partial charge is 0.468 e. The van der Waals surface area contributed by atoms with Crippen molar-refractivity contribution < 1.29 is 14.3 Å². The Balaban J connectivity index is 1.40. The molecule has 2 aliphatic rings. The van der Waals surface area contributed by atoms with E-state index in [1.165, 1.54) is 0 Å². The molecule has 7 heteroatoms. The Morgan fingerprint density at radius 1 is 1.21 bits per heavy atom. The van der Waals surface area contributed by atoms with E-state index in [2.05, 4.69) is 24.5 Å². The highest BCUT2D eigenvalue weighted by Crippen LogP contribution is 2.50. The van der Waals surface area contributed by atoms with Crippen molar-refractivity contribution in [1.82, 2.24) is 14.5 Å². The number of hydrogen-bond donors (Lipinski definition) is 1. The fourth-order valence-corrected chi connectivity index (χ4v) is 5.66. The van der Waals surface area contributed by atoms with Crippen LogP contribution in [0.4, 0.5) is 0 Å². The quantitative estimate of drug-likeness (QED) is 0.542. The normalized spacial score (nSPS) is 23.8. The van der Waals surface area contributed by atoms with Crippen LogP contribution in [0.3, 0.4) is 0 Å². The Morgan fingerprint density at radius 2 is 1.94 bits per heavy atom. The molecule has 0 radical (unpaired) electrons. The summed E-state index contributed by atoms with van der Waals surface area (Å²) in [5, 5.41) is 0. The fraction of sp³-hybridized carbons (Fsp3) is 0.444. The standard InChI is InChI=1S/C27H32N4O3/c1-17(2)16-30-21-11-6-5-10-20(21)29-23(30)13-8-14-31-26(33)24(25(28)32)19-15-27(31,3)34-22-12-7-4-9-18(19)22/h4-7,9-12,17,19,24H,8,13-16H2,1-3H3,(H2,28,32). The van der Waals surface area contributed by atoms with Crippen molar-refractivity contribution in [3.63, 3.8) is 0 Å². The number of imidazole rings is 1. The van der Waals surface area contributed by atoms with Gasteiger partial charge >= 0.3 is 0 Å². The van der Waals surface area contributed by atoms with E-state index < -0.39 is 17.6 Å². The zero-order valence-corrected chi connectivity index (χ0v) is 20.0. The van der Waals surface area contributed by atoms with Crippen molar-refractivity contribution in [2.75, 3.05) is 6.54 Å². The van der Waals surface area contributed by atoms with E-state index in [0.29, 0.717) is 25.3 Å². The second kappa shape index (κ2) is 8.46. The Bertz CT molecular complexity index is 1250. The molecule has 3 unspecified atom stereocenters. The zero-order chi connectivity index (χ0) is 24.0. The number of piperidine rings is 1. The minimum absolute atomic E-state index is 0.239. The van der Waals surface area contributed by atoms with Crippen LogP contribution < -0.4 is 10.5 Å². The third-order valence-corrected chi connectivity index (χ3v) is 7.12. The summed E-state index contributed by atoms with van der Waals surface area (Å²) in [6.45, 7) is 7.70. The van der Waals surface area contributed by atoms with Gasteiger partial charge in [0.2, 0.25) is 11.8 Å². The molecule has 2 N–H and O–H groups in total. The molecule has 2 aromatic carbocycles. The van der Waals surface area contributed by atoms with Gasteiger partial charge in [0.25, 0.3) is 0 Å².